The van der Waals surface area contributed by atoms with Gasteiger partial charge in [-0.25, -0.2) is 0 Å². The third kappa shape index (κ3) is 4.54. The first kappa shape index (κ1) is 12.3. The van der Waals surface area contributed by atoms with E-state index in [1.54, 1.807) is 6.92 Å². The van der Waals surface area contributed by atoms with Crippen LogP contribution in [-0.2, 0) is 4.79 Å². The Kier molecular flexibility index (Phi) is 4.92. The van der Waals surface area contributed by atoms with Gasteiger partial charge in [-0.15, -0.1) is 0 Å². The van der Waals surface area contributed by atoms with Crippen LogP contribution < -0.4 is 0 Å². The minimum Gasteiger partial charge on any atom is -0.288 e. The summed E-state index contributed by atoms with van der Waals surface area (Å²) >= 11 is 7.30. The average molecular weight is 241 g/mol. The van der Waals surface area contributed by atoms with Crippen molar-refractivity contribution in [2.24, 2.45) is 0 Å². The maximum atomic E-state index is 10.7. The van der Waals surface area contributed by atoms with Crippen LogP contribution in [0.3, 0.4) is 0 Å². The fraction of sp³-hybridized carbons (Fsp3) is 0.250. The molecule has 0 heterocycles. The summed E-state index contributed by atoms with van der Waals surface area (Å²) in [4.78, 5) is 10.7. The van der Waals surface area contributed by atoms with Gasteiger partial charge in [-0.2, -0.15) is 0 Å². The molecule has 0 radical (unpaired) electrons. The first-order valence-electron chi connectivity index (χ1n) is 4.65. The molecule has 3 heteroatoms. The SMILES string of the molecule is CC(=O)SCC=Cc1cc(C)ccc1Cl. The van der Waals surface area contributed by atoms with Gasteiger partial charge in [0.25, 0.3) is 0 Å². The summed E-state index contributed by atoms with van der Waals surface area (Å²) in [5.74, 6) is 0.694. The predicted molar refractivity (Wildman–Crippen MR) is 68.4 cm³/mol. The largest absolute Gasteiger partial charge is 0.288 e. The molecule has 1 rings (SSSR count). The molecule has 1 aromatic rings. The van der Waals surface area contributed by atoms with Gasteiger partial charge in [0, 0.05) is 17.7 Å². The number of carbonyl (C=O) groups excluding carboxylic acids is 1. The van der Waals surface area contributed by atoms with Gasteiger partial charge < -0.3 is 0 Å². The number of thioether (sulfide) groups is 1. The fourth-order valence-corrected chi connectivity index (χ4v) is 1.74. The summed E-state index contributed by atoms with van der Waals surface area (Å²) < 4.78 is 0. The van der Waals surface area contributed by atoms with Crippen molar-refractivity contribution in [3.8, 4) is 0 Å². The van der Waals surface area contributed by atoms with Gasteiger partial charge in [-0.05, 0) is 18.6 Å². The zero-order chi connectivity index (χ0) is 11.3. The lowest BCUT2D eigenvalue weighted by molar-refractivity contribution is -0.109. The Bertz CT molecular complexity index is 385. The van der Waals surface area contributed by atoms with Crippen LogP contribution in [-0.4, -0.2) is 10.9 Å². The molecule has 80 valence electrons. The van der Waals surface area contributed by atoms with E-state index in [2.05, 4.69) is 0 Å². The first-order valence-corrected chi connectivity index (χ1v) is 6.02. The number of aryl methyl sites for hydroxylation is 1. The van der Waals surface area contributed by atoms with Crippen LogP contribution in [0.4, 0.5) is 0 Å². The molecule has 15 heavy (non-hydrogen) atoms. The minimum atomic E-state index is 0.134. The molecule has 0 unspecified atom stereocenters. The molecule has 0 spiro atoms. The highest BCUT2D eigenvalue weighted by atomic mass is 35.5. The smallest absolute Gasteiger partial charge is 0.186 e. The Labute approximate surface area is 99.5 Å². The molecule has 0 aliphatic heterocycles. The zero-order valence-electron chi connectivity index (χ0n) is 8.79. The average Bonchev–Trinajstić information content (AvgIpc) is 2.17. The molecule has 1 aromatic carbocycles. The molecule has 1 nitrogen and oxygen atoms in total. The van der Waals surface area contributed by atoms with E-state index in [-0.39, 0.29) is 5.12 Å². The molecule has 0 saturated carbocycles. The van der Waals surface area contributed by atoms with Gasteiger partial charge in [-0.3, -0.25) is 4.79 Å². The Balaban J connectivity index is 2.63. The van der Waals surface area contributed by atoms with Gasteiger partial charge in [0.15, 0.2) is 5.12 Å². The third-order valence-electron chi connectivity index (χ3n) is 1.83. The molecule has 0 amide bonds. The second-order valence-electron chi connectivity index (χ2n) is 3.23. The maximum Gasteiger partial charge on any atom is 0.186 e. The highest BCUT2D eigenvalue weighted by molar-refractivity contribution is 8.13. The lowest BCUT2D eigenvalue weighted by Gasteiger charge is -1.99. The maximum absolute atomic E-state index is 10.7. The number of carbonyl (C=O) groups is 1. The van der Waals surface area contributed by atoms with Crippen molar-refractivity contribution in [1.82, 2.24) is 0 Å². The van der Waals surface area contributed by atoms with Gasteiger partial charge in [-0.1, -0.05) is 53.2 Å². The van der Waals surface area contributed by atoms with E-state index in [0.29, 0.717) is 5.75 Å². The third-order valence-corrected chi connectivity index (χ3v) is 2.94. The normalized spacial score (nSPS) is 10.9. The van der Waals surface area contributed by atoms with Crippen molar-refractivity contribution in [3.63, 3.8) is 0 Å². The molecule has 0 bridgehead atoms. The van der Waals surface area contributed by atoms with Gasteiger partial charge in [0.2, 0.25) is 0 Å². The molecule has 0 aliphatic carbocycles. The van der Waals surface area contributed by atoms with Crippen LogP contribution in [0.25, 0.3) is 6.08 Å². The molecule has 0 aliphatic rings. The number of benzene rings is 1. The summed E-state index contributed by atoms with van der Waals surface area (Å²) in [6, 6.07) is 5.88. The van der Waals surface area contributed by atoms with Crippen LogP contribution in [0.5, 0.6) is 0 Å². The van der Waals surface area contributed by atoms with Gasteiger partial charge >= 0.3 is 0 Å². The molecular formula is C12H13ClOS. The number of halogens is 1. The Hall–Kier alpha value is -0.730. The topological polar surface area (TPSA) is 17.1 Å². The standard InChI is InChI=1S/C12H13ClOS/c1-9-5-6-12(13)11(8-9)4-3-7-15-10(2)14/h3-6,8H,7H2,1-2H3. The molecule has 0 N–H and O–H groups in total. The number of rotatable bonds is 3. The Morgan fingerprint density at radius 3 is 2.93 bits per heavy atom. The summed E-state index contributed by atoms with van der Waals surface area (Å²) in [7, 11) is 0. The molecule has 0 fully saturated rings. The van der Waals surface area contributed by atoms with Crippen LogP contribution >= 0.6 is 23.4 Å². The lowest BCUT2D eigenvalue weighted by Crippen LogP contribution is -1.82. The van der Waals surface area contributed by atoms with E-state index in [4.69, 9.17) is 11.6 Å². The van der Waals surface area contributed by atoms with E-state index < -0.39 is 0 Å². The van der Waals surface area contributed by atoms with E-state index in [0.717, 1.165) is 10.6 Å². The van der Waals surface area contributed by atoms with Crippen molar-refractivity contribution in [3.05, 3.63) is 40.4 Å². The molecule has 0 saturated heterocycles. The summed E-state index contributed by atoms with van der Waals surface area (Å²) in [5, 5.41) is 0.875. The van der Waals surface area contributed by atoms with Gasteiger partial charge in [0.1, 0.15) is 0 Å². The van der Waals surface area contributed by atoms with E-state index in [1.807, 2.05) is 37.3 Å². The number of hydrogen-bond acceptors (Lipinski definition) is 2. The van der Waals surface area contributed by atoms with Gasteiger partial charge in [0.05, 0.1) is 0 Å². The van der Waals surface area contributed by atoms with E-state index in [1.165, 1.54) is 17.3 Å². The zero-order valence-corrected chi connectivity index (χ0v) is 10.4. The van der Waals surface area contributed by atoms with E-state index in [9.17, 15) is 4.79 Å². The second kappa shape index (κ2) is 5.99. The summed E-state index contributed by atoms with van der Waals surface area (Å²) in [6.07, 6.45) is 3.90. The van der Waals surface area contributed by atoms with Crippen molar-refractivity contribution in [2.45, 2.75) is 13.8 Å². The quantitative estimate of drug-likeness (QED) is 0.796. The van der Waals surface area contributed by atoms with Crippen LogP contribution in [0.1, 0.15) is 18.1 Å². The van der Waals surface area contributed by atoms with Crippen molar-refractivity contribution < 1.29 is 4.79 Å². The predicted octanol–water partition coefficient (Wildman–Crippen LogP) is 3.94. The minimum absolute atomic E-state index is 0.134. The Morgan fingerprint density at radius 1 is 1.53 bits per heavy atom. The van der Waals surface area contributed by atoms with Crippen LogP contribution in [0.15, 0.2) is 24.3 Å². The molecule has 0 atom stereocenters. The second-order valence-corrected chi connectivity index (χ2v) is 4.83. The molecule has 0 aromatic heterocycles. The highest BCUT2D eigenvalue weighted by Gasteiger charge is 1.96. The molecular weight excluding hydrogens is 228 g/mol. The number of hydrogen-bond donors (Lipinski definition) is 0. The first-order chi connectivity index (χ1) is 7.09. The summed E-state index contributed by atoms with van der Waals surface area (Å²) in [6.45, 7) is 3.59. The van der Waals surface area contributed by atoms with Crippen LogP contribution in [0, 0.1) is 6.92 Å². The van der Waals surface area contributed by atoms with Crippen molar-refractivity contribution in [1.29, 1.82) is 0 Å². The van der Waals surface area contributed by atoms with E-state index >= 15 is 0 Å². The highest BCUT2D eigenvalue weighted by Crippen LogP contribution is 2.19. The fourth-order valence-electron chi connectivity index (χ4n) is 1.13. The van der Waals surface area contributed by atoms with Crippen LogP contribution in [0.2, 0.25) is 5.02 Å². The lowest BCUT2D eigenvalue weighted by atomic mass is 10.1. The van der Waals surface area contributed by atoms with Crippen molar-refractivity contribution in [2.75, 3.05) is 5.75 Å². The monoisotopic (exact) mass is 240 g/mol. The summed E-state index contributed by atoms with van der Waals surface area (Å²) in [5.41, 5.74) is 2.18. The Morgan fingerprint density at radius 2 is 2.27 bits per heavy atom. The van der Waals surface area contributed by atoms with Crippen molar-refractivity contribution >= 4 is 34.6 Å².